The van der Waals surface area contributed by atoms with Crippen LogP contribution < -0.4 is 20.1 Å². The third kappa shape index (κ3) is 28.3. The fraction of sp³-hybridized carbons (Fsp3) is 0.632. The highest BCUT2D eigenvalue weighted by Crippen LogP contribution is 2.45. The Morgan fingerprint density at radius 1 is 0.635 bits per heavy atom. The molecule has 2 atom stereocenters. The van der Waals surface area contributed by atoms with E-state index in [-0.39, 0.29) is 48.7 Å². The number of phosphoric ester groups is 1. The summed E-state index contributed by atoms with van der Waals surface area (Å²) in [6.45, 7) is 14.5. The molecule has 15 nitrogen and oxygen atoms in total. The van der Waals surface area contributed by atoms with Gasteiger partial charge in [0.2, 0.25) is 5.36 Å². The first-order valence-electron chi connectivity index (χ1n) is 32.6. The van der Waals surface area contributed by atoms with E-state index < -0.39 is 42.6 Å². The summed E-state index contributed by atoms with van der Waals surface area (Å²) in [5, 5.41) is 4.62. The number of ether oxygens (including phenoxy) is 2. The predicted molar refractivity (Wildman–Crippen MR) is 348 cm³/mol. The van der Waals surface area contributed by atoms with Crippen LogP contribution in [0.25, 0.3) is 33.4 Å². The lowest BCUT2D eigenvalue weighted by molar-refractivity contribution is -0.161. The molecule has 3 N–H and O–H groups in total. The van der Waals surface area contributed by atoms with Crippen molar-refractivity contribution in [2.75, 3.05) is 62.8 Å². The summed E-state index contributed by atoms with van der Waals surface area (Å²) < 4.78 is 81.1. The van der Waals surface area contributed by atoms with Gasteiger partial charge < -0.3 is 29.0 Å². The van der Waals surface area contributed by atoms with Crippen LogP contribution in [-0.4, -0.2) is 88.5 Å². The monoisotopic (exact) mass is 1220 g/mol. The molecule has 476 valence electrons. The topological polar surface area (TPSA) is 194 Å². The van der Waals surface area contributed by atoms with Crippen LogP contribution in [0.15, 0.2) is 88.2 Å². The van der Waals surface area contributed by atoms with Gasteiger partial charge in [-0.1, -0.05) is 147 Å². The number of allylic oxidation sites excluding steroid dienone is 4. The molecular formula is C68H107N3O12PS+. The molecule has 4 rings (SSSR count). The van der Waals surface area contributed by atoms with E-state index in [0.29, 0.717) is 40.7 Å². The van der Waals surface area contributed by atoms with E-state index in [2.05, 4.69) is 80.6 Å². The Labute approximate surface area is 511 Å². The van der Waals surface area contributed by atoms with Gasteiger partial charge in [-0.05, 0) is 122 Å². The standard InChI is InChI=1S/C68H106N3O12PS/c1-7-13-15-17-19-21-23-25-27-29-31-33-35-37-39-41-66(72)79-54-59(82-67(73)42-40-38-36-34-32-30-28-26-24-22-20-18-16-14-8-2)55-81-84(74,75)80-50-49-69-56-43-46-62(65(51-56)85(76,77)78)68-60-47-44-57(70(9-3)10-4)52-63(60)83-64-53-58(45-48-61(64)68)71(11-5)12-6/h25-28,43-48,51-53,59H,7-24,29-42,49-50,54-55H2,1-6H3,(H2,74,75,76,77,78)/p+1/t59-/m1/s1. The minimum atomic E-state index is -4.82. The highest BCUT2D eigenvalue weighted by atomic mass is 32.2. The van der Waals surface area contributed by atoms with E-state index in [1.807, 2.05) is 36.4 Å². The van der Waals surface area contributed by atoms with Crippen molar-refractivity contribution in [3.63, 3.8) is 0 Å². The first-order chi connectivity index (χ1) is 41.2. The summed E-state index contributed by atoms with van der Waals surface area (Å²) in [6, 6.07) is 16.2. The van der Waals surface area contributed by atoms with Gasteiger partial charge in [-0.15, -0.1) is 0 Å². The second-order valence-electron chi connectivity index (χ2n) is 22.4. The first-order valence-corrected chi connectivity index (χ1v) is 35.6. The zero-order chi connectivity index (χ0) is 61.6. The Kier molecular flexibility index (Phi) is 36.0. The van der Waals surface area contributed by atoms with E-state index in [9.17, 15) is 32.0 Å². The second kappa shape index (κ2) is 42.1. The van der Waals surface area contributed by atoms with E-state index in [1.54, 1.807) is 12.1 Å². The number of unbranched alkanes of at least 4 members (excludes halogenated alkanes) is 22. The summed E-state index contributed by atoms with van der Waals surface area (Å²) in [5.41, 5.74) is 3.25. The van der Waals surface area contributed by atoms with E-state index in [0.717, 1.165) is 114 Å². The number of fused-ring (bicyclic) bond motifs is 2. The van der Waals surface area contributed by atoms with Crippen LogP contribution in [-0.2, 0) is 42.8 Å². The molecule has 0 fully saturated rings. The summed E-state index contributed by atoms with van der Waals surface area (Å²) in [6.07, 6.45) is 37.8. The zero-order valence-electron chi connectivity index (χ0n) is 52.8. The van der Waals surface area contributed by atoms with Gasteiger partial charge in [0.05, 0.1) is 19.3 Å². The maximum absolute atomic E-state index is 13.3. The molecule has 0 aromatic heterocycles. The highest BCUT2D eigenvalue weighted by molar-refractivity contribution is 7.86. The molecule has 2 aliphatic rings. The fourth-order valence-corrected chi connectivity index (χ4v) is 12.1. The molecule has 85 heavy (non-hydrogen) atoms. The van der Waals surface area contributed by atoms with Crippen LogP contribution >= 0.6 is 7.82 Å². The number of nitrogens with zero attached hydrogens (tertiary/aromatic N) is 2. The maximum Gasteiger partial charge on any atom is 0.472 e. The maximum atomic E-state index is 13.3. The molecule has 0 amide bonds. The molecule has 1 heterocycles. The number of carbonyl (C=O) groups is 2. The number of rotatable bonds is 48. The SMILES string of the molecule is CCCCCCCCC=CCCCCCCCC(=O)OC[C@H](COP(=O)(O)OCCNc1ccc(-c2c3ccc(=[N+](CC)CC)cc-3oc3cc(N(CC)CC)ccc23)c(S(=O)(=O)O)c1)OC(=O)CCCCCCCC=CCCCCCCCC. The number of phosphoric acid groups is 1. The summed E-state index contributed by atoms with van der Waals surface area (Å²) >= 11 is 0. The molecule has 2 aromatic carbocycles. The van der Waals surface area contributed by atoms with Crippen LogP contribution in [0, 0.1) is 0 Å². The first kappa shape index (κ1) is 72.6. The lowest BCUT2D eigenvalue weighted by Gasteiger charge is -2.23. The lowest BCUT2D eigenvalue weighted by Crippen LogP contribution is -2.29. The van der Waals surface area contributed by atoms with Crippen molar-refractivity contribution in [2.45, 2.75) is 232 Å². The number of anilines is 2. The minimum absolute atomic E-state index is 0.0706. The van der Waals surface area contributed by atoms with Crippen LogP contribution in [0.3, 0.4) is 0 Å². The summed E-state index contributed by atoms with van der Waals surface area (Å²) in [5.74, 6) is -0.432. The minimum Gasteiger partial charge on any atom is -0.462 e. The molecule has 0 saturated carbocycles. The number of nitrogens with one attached hydrogen (secondary N) is 1. The van der Waals surface area contributed by atoms with Gasteiger partial charge in [-0.3, -0.25) is 23.2 Å². The van der Waals surface area contributed by atoms with Crippen molar-refractivity contribution < 1.29 is 55.0 Å². The molecule has 0 saturated heterocycles. The Bertz CT molecular complexity index is 2800. The number of hydrogen-bond donors (Lipinski definition) is 3. The van der Waals surface area contributed by atoms with Crippen LogP contribution in [0.2, 0.25) is 0 Å². The summed E-state index contributed by atoms with van der Waals surface area (Å²) in [4.78, 5) is 38.5. The average molecular weight is 1220 g/mol. The fourth-order valence-electron chi connectivity index (χ4n) is 10.7. The van der Waals surface area contributed by atoms with Gasteiger partial charge in [0, 0.05) is 78.1 Å². The quantitative estimate of drug-likeness (QED) is 0.00719. The number of hydrogen-bond acceptors (Lipinski definition) is 12. The van der Waals surface area contributed by atoms with Gasteiger partial charge in [-0.2, -0.15) is 8.42 Å². The molecular weight excluding hydrogens is 1110 g/mol. The molecule has 2 aromatic rings. The van der Waals surface area contributed by atoms with Crippen LogP contribution in [0.5, 0.6) is 0 Å². The molecule has 1 aliphatic heterocycles. The van der Waals surface area contributed by atoms with Crippen LogP contribution in [0.4, 0.5) is 11.4 Å². The molecule has 1 unspecified atom stereocenters. The van der Waals surface area contributed by atoms with Gasteiger partial charge in [-0.25, -0.2) is 9.14 Å². The van der Waals surface area contributed by atoms with Gasteiger partial charge in [0.15, 0.2) is 6.10 Å². The van der Waals surface area contributed by atoms with E-state index in [4.69, 9.17) is 22.9 Å². The van der Waals surface area contributed by atoms with E-state index >= 15 is 0 Å². The van der Waals surface area contributed by atoms with Crippen molar-refractivity contribution >= 4 is 52.2 Å². The van der Waals surface area contributed by atoms with Crippen molar-refractivity contribution in [3.05, 3.63) is 84.3 Å². The Morgan fingerprint density at radius 3 is 1.71 bits per heavy atom. The van der Waals surface area contributed by atoms with Crippen molar-refractivity contribution in [1.29, 1.82) is 0 Å². The normalized spacial score (nSPS) is 13.0. The Morgan fingerprint density at radius 2 is 1.16 bits per heavy atom. The third-order valence-electron chi connectivity index (χ3n) is 15.6. The lowest BCUT2D eigenvalue weighted by atomic mass is 9.93. The van der Waals surface area contributed by atoms with Gasteiger partial charge in [0.25, 0.3) is 10.1 Å². The number of benzene rings is 3. The molecule has 0 spiro atoms. The average Bonchev–Trinajstić information content (AvgIpc) is 3.50. The van der Waals surface area contributed by atoms with E-state index in [1.165, 1.54) is 83.1 Å². The summed E-state index contributed by atoms with van der Waals surface area (Å²) in [7, 11) is -9.57. The van der Waals surface area contributed by atoms with Crippen molar-refractivity contribution in [2.24, 2.45) is 0 Å². The van der Waals surface area contributed by atoms with Gasteiger partial charge in [0.1, 0.15) is 35.9 Å². The third-order valence-corrected chi connectivity index (χ3v) is 17.5. The molecule has 17 heteroatoms. The highest BCUT2D eigenvalue weighted by Gasteiger charge is 2.28. The Hall–Kier alpha value is -4.83. The number of carbonyl (C=O) groups excluding carboxylic acids is 2. The second-order valence-corrected chi connectivity index (χ2v) is 25.2. The Balaban J connectivity index is 1.34. The van der Waals surface area contributed by atoms with Crippen molar-refractivity contribution in [1.82, 2.24) is 4.58 Å². The smallest absolute Gasteiger partial charge is 0.462 e. The molecule has 1 aliphatic carbocycles. The number of esters is 2. The predicted octanol–water partition coefficient (Wildman–Crippen LogP) is 17.2. The molecule has 0 bridgehead atoms. The van der Waals surface area contributed by atoms with Crippen LogP contribution in [0.1, 0.15) is 221 Å². The molecule has 0 radical (unpaired) electrons. The van der Waals surface area contributed by atoms with Crippen molar-refractivity contribution in [3.8, 4) is 22.5 Å². The largest absolute Gasteiger partial charge is 0.472 e. The van der Waals surface area contributed by atoms with Gasteiger partial charge >= 0.3 is 19.8 Å². The zero-order valence-corrected chi connectivity index (χ0v) is 54.5.